The SMILES string of the molecule is COc1ccc(NC(=S)Nc2ccc(Cl)cc2Cl)c(OC)c1. The van der Waals surface area contributed by atoms with Crippen LogP contribution in [-0.2, 0) is 0 Å². The van der Waals surface area contributed by atoms with Gasteiger partial charge in [0.25, 0.3) is 0 Å². The highest BCUT2D eigenvalue weighted by atomic mass is 35.5. The van der Waals surface area contributed by atoms with E-state index in [1.807, 2.05) is 12.1 Å². The standard InChI is InChI=1S/C15H14Cl2N2O2S/c1-20-10-4-6-13(14(8-10)21-2)19-15(22)18-12-5-3-9(16)7-11(12)17/h3-8H,1-2H3,(H2,18,19,22). The average Bonchev–Trinajstić information content (AvgIpc) is 2.50. The molecule has 0 bridgehead atoms. The Kier molecular flexibility index (Phi) is 5.71. The fourth-order valence-corrected chi connectivity index (χ4v) is 2.44. The second kappa shape index (κ2) is 7.54. The fourth-order valence-electron chi connectivity index (χ4n) is 1.77. The summed E-state index contributed by atoms with van der Waals surface area (Å²) in [6.45, 7) is 0. The molecular formula is C15H14Cl2N2O2S. The maximum Gasteiger partial charge on any atom is 0.175 e. The van der Waals surface area contributed by atoms with Crippen molar-refractivity contribution in [2.24, 2.45) is 0 Å². The molecule has 0 amide bonds. The van der Waals surface area contributed by atoms with E-state index in [0.29, 0.717) is 38.0 Å². The first kappa shape index (κ1) is 16.7. The molecule has 22 heavy (non-hydrogen) atoms. The molecule has 0 saturated heterocycles. The molecule has 2 aromatic carbocycles. The van der Waals surface area contributed by atoms with E-state index in [0.717, 1.165) is 0 Å². The number of rotatable bonds is 4. The number of methoxy groups -OCH3 is 2. The van der Waals surface area contributed by atoms with Gasteiger partial charge in [0.1, 0.15) is 11.5 Å². The van der Waals surface area contributed by atoms with Gasteiger partial charge in [-0.1, -0.05) is 23.2 Å². The summed E-state index contributed by atoms with van der Waals surface area (Å²) in [6.07, 6.45) is 0. The maximum atomic E-state index is 6.10. The Labute approximate surface area is 144 Å². The largest absolute Gasteiger partial charge is 0.497 e. The van der Waals surface area contributed by atoms with E-state index in [1.54, 1.807) is 38.5 Å². The molecule has 0 heterocycles. The number of ether oxygens (including phenoxy) is 2. The van der Waals surface area contributed by atoms with Crippen molar-refractivity contribution in [3.05, 3.63) is 46.4 Å². The monoisotopic (exact) mass is 356 g/mol. The lowest BCUT2D eigenvalue weighted by Gasteiger charge is -2.15. The normalized spacial score (nSPS) is 10.0. The van der Waals surface area contributed by atoms with Crippen molar-refractivity contribution in [2.45, 2.75) is 0 Å². The van der Waals surface area contributed by atoms with E-state index < -0.39 is 0 Å². The Bertz CT molecular complexity index is 695. The second-order valence-corrected chi connectivity index (χ2v) is 5.52. The highest BCUT2D eigenvalue weighted by molar-refractivity contribution is 7.80. The van der Waals surface area contributed by atoms with Gasteiger partial charge in [0.15, 0.2) is 5.11 Å². The van der Waals surface area contributed by atoms with Crippen molar-refractivity contribution in [2.75, 3.05) is 24.9 Å². The zero-order chi connectivity index (χ0) is 16.1. The minimum atomic E-state index is 0.382. The Morgan fingerprint density at radius 1 is 0.955 bits per heavy atom. The number of nitrogens with one attached hydrogen (secondary N) is 2. The van der Waals surface area contributed by atoms with Crippen LogP contribution in [0.2, 0.25) is 10.0 Å². The summed E-state index contributed by atoms with van der Waals surface area (Å²) in [7, 11) is 3.17. The van der Waals surface area contributed by atoms with Gasteiger partial charge in [-0.3, -0.25) is 0 Å². The van der Waals surface area contributed by atoms with Crippen molar-refractivity contribution in [1.29, 1.82) is 0 Å². The summed E-state index contributed by atoms with van der Waals surface area (Å²) in [5.74, 6) is 1.31. The van der Waals surface area contributed by atoms with E-state index in [-0.39, 0.29) is 0 Å². The third kappa shape index (κ3) is 4.16. The van der Waals surface area contributed by atoms with Gasteiger partial charge in [0, 0.05) is 11.1 Å². The summed E-state index contributed by atoms with van der Waals surface area (Å²) in [6, 6.07) is 10.5. The predicted molar refractivity (Wildman–Crippen MR) is 95.9 cm³/mol. The van der Waals surface area contributed by atoms with Crippen LogP contribution < -0.4 is 20.1 Å². The van der Waals surface area contributed by atoms with Crippen LogP contribution in [0.5, 0.6) is 11.5 Å². The lowest BCUT2D eigenvalue weighted by Crippen LogP contribution is -2.19. The molecule has 7 heteroatoms. The third-order valence-corrected chi connectivity index (χ3v) is 3.59. The molecule has 0 aliphatic rings. The first-order chi connectivity index (χ1) is 10.5. The molecular weight excluding hydrogens is 343 g/mol. The topological polar surface area (TPSA) is 42.5 Å². The van der Waals surface area contributed by atoms with Crippen molar-refractivity contribution in [3.63, 3.8) is 0 Å². The van der Waals surface area contributed by atoms with Crippen molar-refractivity contribution in [3.8, 4) is 11.5 Å². The number of thiocarbonyl (C=S) groups is 1. The van der Waals surface area contributed by atoms with Gasteiger partial charge in [-0.15, -0.1) is 0 Å². The molecule has 0 aromatic heterocycles. The van der Waals surface area contributed by atoms with Gasteiger partial charge in [0.2, 0.25) is 0 Å². The van der Waals surface area contributed by atoms with Gasteiger partial charge in [-0.05, 0) is 42.5 Å². The molecule has 0 fully saturated rings. The third-order valence-electron chi connectivity index (χ3n) is 2.84. The Morgan fingerprint density at radius 2 is 1.64 bits per heavy atom. The minimum absolute atomic E-state index is 0.382. The first-order valence-corrected chi connectivity index (χ1v) is 7.45. The zero-order valence-corrected chi connectivity index (χ0v) is 14.3. The van der Waals surface area contributed by atoms with Crippen LogP contribution in [-0.4, -0.2) is 19.3 Å². The van der Waals surface area contributed by atoms with Crippen molar-refractivity contribution < 1.29 is 9.47 Å². The number of hydrogen-bond donors (Lipinski definition) is 2. The first-order valence-electron chi connectivity index (χ1n) is 6.28. The van der Waals surface area contributed by atoms with Crippen LogP contribution in [0.3, 0.4) is 0 Å². The van der Waals surface area contributed by atoms with Gasteiger partial charge >= 0.3 is 0 Å². The lowest BCUT2D eigenvalue weighted by atomic mass is 10.2. The molecule has 4 nitrogen and oxygen atoms in total. The number of benzene rings is 2. The van der Waals surface area contributed by atoms with E-state index in [4.69, 9.17) is 44.9 Å². The number of anilines is 2. The quantitative estimate of drug-likeness (QED) is 0.768. The Morgan fingerprint density at radius 3 is 2.27 bits per heavy atom. The van der Waals surface area contributed by atoms with Gasteiger partial charge in [-0.2, -0.15) is 0 Å². The number of halogens is 2. The maximum absolute atomic E-state index is 6.10. The van der Waals surface area contributed by atoms with Gasteiger partial charge in [-0.25, -0.2) is 0 Å². The summed E-state index contributed by atoms with van der Waals surface area (Å²) >= 11 is 17.2. The Balaban J connectivity index is 2.12. The molecule has 0 aliphatic heterocycles. The molecule has 0 aliphatic carbocycles. The van der Waals surface area contributed by atoms with Crippen LogP contribution in [0.4, 0.5) is 11.4 Å². The van der Waals surface area contributed by atoms with E-state index in [1.165, 1.54) is 0 Å². The molecule has 116 valence electrons. The fraction of sp³-hybridized carbons (Fsp3) is 0.133. The van der Waals surface area contributed by atoms with Crippen molar-refractivity contribution in [1.82, 2.24) is 0 Å². The van der Waals surface area contributed by atoms with Crippen LogP contribution in [0.15, 0.2) is 36.4 Å². The van der Waals surface area contributed by atoms with E-state index in [9.17, 15) is 0 Å². The summed E-state index contributed by atoms with van der Waals surface area (Å²) in [5.41, 5.74) is 1.38. The molecule has 2 N–H and O–H groups in total. The minimum Gasteiger partial charge on any atom is -0.497 e. The second-order valence-electron chi connectivity index (χ2n) is 4.27. The van der Waals surface area contributed by atoms with E-state index >= 15 is 0 Å². The summed E-state index contributed by atoms with van der Waals surface area (Å²) in [5, 5.41) is 7.49. The molecule has 2 rings (SSSR count). The van der Waals surface area contributed by atoms with Crippen LogP contribution in [0.25, 0.3) is 0 Å². The summed E-state index contributed by atoms with van der Waals surface area (Å²) < 4.78 is 10.5. The zero-order valence-electron chi connectivity index (χ0n) is 11.9. The molecule has 0 radical (unpaired) electrons. The molecule has 0 unspecified atom stereocenters. The molecule has 0 spiro atoms. The molecule has 0 saturated carbocycles. The van der Waals surface area contributed by atoms with Gasteiger partial charge in [0.05, 0.1) is 30.6 Å². The smallest absolute Gasteiger partial charge is 0.175 e. The highest BCUT2D eigenvalue weighted by Crippen LogP contribution is 2.30. The molecule has 0 atom stereocenters. The average molecular weight is 357 g/mol. The molecule has 2 aromatic rings. The van der Waals surface area contributed by atoms with Crippen molar-refractivity contribution >= 4 is 51.9 Å². The van der Waals surface area contributed by atoms with E-state index in [2.05, 4.69) is 10.6 Å². The predicted octanol–water partition coefficient (Wildman–Crippen LogP) is 4.82. The van der Waals surface area contributed by atoms with Crippen LogP contribution in [0.1, 0.15) is 0 Å². The Hall–Kier alpha value is -1.69. The van der Waals surface area contributed by atoms with Crippen LogP contribution >= 0.6 is 35.4 Å². The highest BCUT2D eigenvalue weighted by Gasteiger charge is 2.08. The number of hydrogen-bond acceptors (Lipinski definition) is 3. The summed E-state index contributed by atoms with van der Waals surface area (Å²) in [4.78, 5) is 0. The van der Waals surface area contributed by atoms with Gasteiger partial charge < -0.3 is 20.1 Å². The lowest BCUT2D eigenvalue weighted by molar-refractivity contribution is 0.395. The van der Waals surface area contributed by atoms with Crippen LogP contribution in [0, 0.1) is 0 Å².